The third kappa shape index (κ3) is 5.28. The Morgan fingerprint density at radius 1 is 1.27 bits per heavy atom. The molecular formula is C25H37BrN4O3. The molecule has 4 rings (SSSR count). The van der Waals surface area contributed by atoms with Gasteiger partial charge in [-0.3, -0.25) is 9.69 Å². The first-order valence-corrected chi connectivity index (χ1v) is 13.0. The van der Waals surface area contributed by atoms with Crippen molar-refractivity contribution >= 4 is 27.8 Å². The fourth-order valence-electron chi connectivity index (χ4n) is 6.14. The smallest absolute Gasteiger partial charge is 0.303 e. The van der Waals surface area contributed by atoms with E-state index in [1.54, 1.807) is 12.4 Å². The minimum Gasteiger partial charge on any atom is -0.458 e. The maximum atomic E-state index is 11.8. The zero-order chi connectivity index (χ0) is 23.8. The number of hydrogen-bond donors (Lipinski definition) is 1. The Morgan fingerprint density at radius 3 is 2.58 bits per heavy atom. The maximum absolute atomic E-state index is 11.8. The first-order valence-electron chi connectivity index (χ1n) is 12.2. The molecule has 0 aromatic carbocycles. The highest BCUT2D eigenvalue weighted by Crippen LogP contribution is 2.51. The Balaban J connectivity index is 1.40. The molecule has 1 aromatic heterocycles. The average Bonchev–Trinajstić information content (AvgIpc) is 2.77. The third-order valence-corrected chi connectivity index (χ3v) is 8.54. The summed E-state index contributed by atoms with van der Waals surface area (Å²) in [5.74, 6) is 1.72. The topological polar surface area (TPSA) is 78.8 Å². The van der Waals surface area contributed by atoms with Crippen LogP contribution in [0.15, 0.2) is 28.5 Å². The number of anilines is 1. The molecule has 1 aliphatic heterocycles. The van der Waals surface area contributed by atoms with E-state index in [0.717, 1.165) is 61.6 Å². The van der Waals surface area contributed by atoms with Gasteiger partial charge in [-0.05, 0) is 59.0 Å². The van der Waals surface area contributed by atoms with Gasteiger partial charge in [0, 0.05) is 64.4 Å². The minimum absolute atomic E-state index is 0.112. The van der Waals surface area contributed by atoms with Gasteiger partial charge in [-0.15, -0.1) is 0 Å². The van der Waals surface area contributed by atoms with Gasteiger partial charge in [0.2, 0.25) is 5.95 Å². The van der Waals surface area contributed by atoms with Gasteiger partial charge >= 0.3 is 5.97 Å². The lowest BCUT2D eigenvalue weighted by atomic mass is 9.57. The highest BCUT2D eigenvalue weighted by atomic mass is 79.9. The highest BCUT2D eigenvalue weighted by molar-refractivity contribution is 9.10. The number of aromatic nitrogens is 2. The number of ether oxygens (including phenoxy) is 1. The molecule has 1 saturated heterocycles. The van der Waals surface area contributed by atoms with Crippen molar-refractivity contribution < 1.29 is 14.6 Å². The molecule has 7 nitrogen and oxygen atoms in total. The van der Waals surface area contributed by atoms with Crippen LogP contribution in [0.25, 0.3) is 0 Å². The van der Waals surface area contributed by atoms with Crippen molar-refractivity contribution in [3.63, 3.8) is 0 Å². The molecule has 8 heteroatoms. The number of carbonyl (C=O) groups excluding carboxylic acids is 1. The predicted octanol–water partition coefficient (Wildman–Crippen LogP) is 3.67. The molecule has 3 aliphatic rings. The Bertz CT molecular complexity index is 871. The highest BCUT2D eigenvalue weighted by Gasteiger charge is 2.52. The van der Waals surface area contributed by atoms with Crippen molar-refractivity contribution in [2.24, 2.45) is 23.7 Å². The number of hydrogen-bond acceptors (Lipinski definition) is 7. The van der Waals surface area contributed by atoms with Gasteiger partial charge in [0.25, 0.3) is 0 Å². The van der Waals surface area contributed by atoms with Crippen LogP contribution in [0.4, 0.5) is 5.95 Å². The fourth-order valence-corrected chi connectivity index (χ4v) is 6.34. The molecule has 0 bridgehead atoms. The summed E-state index contributed by atoms with van der Waals surface area (Å²) in [4.78, 5) is 25.2. The van der Waals surface area contributed by atoms with Crippen LogP contribution in [0.5, 0.6) is 0 Å². The lowest BCUT2D eigenvalue weighted by molar-refractivity contribution is -0.159. The van der Waals surface area contributed by atoms with Crippen LogP contribution in [-0.4, -0.2) is 70.4 Å². The summed E-state index contributed by atoms with van der Waals surface area (Å²) >= 11 is 3.40. The van der Waals surface area contributed by atoms with Crippen LogP contribution >= 0.6 is 15.9 Å². The molecule has 2 heterocycles. The first kappa shape index (κ1) is 24.6. The molecule has 2 fully saturated rings. The maximum Gasteiger partial charge on any atom is 0.303 e. The molecule has 2 aliphatic carbocycles. The molecule has 0 amide bonds. The normalized spacial score (nSPS) is 33.8. The van der Waals surface area contributed by atoms with Crippen molar-refractivity contribution in [2.75, 3.05) is 37.6 Å². The number of rotatable bonds is 5. The summed E-state index contributed by atoms with van der Waals surface area (Å²) in [6, 6.07) is 0. The number of piperazine rings is 1. The number of nitrogens with zero attached hydrogens (tertiary/aromatic N) is 4. The van der Waals surface area contributed by atoms with Crippen molar-refractivity contribution in [2.45, 2.75) is 58.7 Å². The molecule has 0 spiro atoms. The van der Waals surface area contributed by atoms with Crippen LogP contribution < -0.4 is 4.90 Å². The van der Waals surface area contributed by atoms with Crippen molar-refractivity contribution in [1.82, 2.24) is 14.9 Å². The molecular weight excluding hydrogens is 484 g/mol. The second-order valence-corrected chi connectivity index (χ2v) is 11.3. The zero-order valence-corrected chi connectivity index (χ0v) is 21.8. The second kappa shape index (κ2) is 10.0. The second-order valence-electron chi connectivity index (χ2n) is 10.3. The van der Waals surface area contributed by atoms with E-state index in [-0.39, 0.29) is 23.9 Å². The molecule has 0 unspecified atom stereocenters. The van der Waals surface area contributed by atoms with Crippen LogP contribution in [0.2, 0.25) is 0 Å². The van der Waals surface area contributed by atoms with E-state index in [1.807, 2.05) is 6.92 Å². The van der Waals surface area contributed by atoms with E-state index in [2.05, 4.69) is 55.6 Å². The van der Waals surface area contributed by atoms with E-state index < -0.39 is 5.60 Å². The molecule has 0 radical (unpaired) electrons. The zero-order valence-electron chi connectivity index (χ0n) is 20.2. The molecule has 1 saturated carbocycles. The van der Waals surface area contributed by atoms with Gasteiger partial charge in [0.15, 0.2) is 0 Å². The lowest BCUT2D eigenvalue weighted by Crippen LogP contribution is -2.56. The van der Waals surface area contributed by atoms with Crippen LogP contribution in [0.3, 0.4) is 0 Å². The Hall–Kier alpha value is -1.51. The van der Waals surface area contributed by atoms with Gasteiger partial charge in [-0.1, -0.05) is 19.9 Å². The number of halogens is 1. The number of esters is 1. The SMILES string of the molecule is CC(=O)O[C@@H]1C[C@@]2(O)[C@H](C)CC[C@@H]([C@@H](C)CN3CCN(c4ncc(Br)cn4)CC3)[C@H]2C=C1C. The fraction of sp³-hybridized carbons (Fsp3) is 0.720. The molecule has 1 N–H and O–H groups in total. The summed E-state index contributed by atoms with van der Waals surface area (Å²) in [6.07, 6.45) is 8.16. The van der Waals surface area contributed by atoms with E-state index in [1.165, 1.54) is 6.92 Å². The van der Waals surface area contributed by atoms with Crippen molar-refractivity contribution in [1.29, 1.82) is 0 Å². The Kier molecular flexibility index (Phi) is 7.46. The molecule has 182 valence electrons. The lowest BCUT2D eigenvalue weighted by Gasteiger charge is -2.53. The summed E-state index contributed by atoms with van der Waals surface area (Å²) in [5.41, 5.74) is 0.267. The Labute approximate surface area is 205 Å². The summed E-state index contributed by atoms with van der Waals surface area (Å²) in [7, 11) is 0. The van der Waals surface area contributed by atoms with Crippen molar-refractivity contribution in [3.8, 4) is 0 Å². The number of fused-ring (bicyclic) bond motifs is 1. The van der Waals surface area contributed by atoms with Crippen LogP contribution in [-0.2, 0) is 9.53 Å². The van der Waals surface area contributed by atoms with E-state index in [9.17, 15) is 9.90 Å². The monoisotopic (exact) mass is 520 g/mol. The summed E-state index contributed by atoms with van der Waals surface area (Å²) in [6.45, 7) is 12.8. The van der Waals surface area contributed by atoms with E-state index in [0.29, 0.717) is 18.3 Å². The largest absolute Gasteiger partial charge is 0.458 e. The number of aliphatic hydroxyl groups is 1. The minimum atomic E-state index is -0.811. The summed E-state index contributed by atoms with van der Waals surface area (Å²) < 4.78 is 6.44. The first-order chi connectivity index (χ1) is 15.7. The van der Waals surface area contributed by atoms with Gasteiger partial charge in [-0.2, -0.15) is 0 Å². The van der Waals surface area contributed by atoms with E-state index in [4.69, 9.17) is 4.74 Å². The summed E-state index contributed by atoms with van der Waals surface area (Å²) in [5, 5.41) is 11.8. The third-order valence-electron chi connectivity index (χ3n) is 8.13. The molecule has 1 aromatic rings. The standard InChI is InChI=1S/C25H37BrN4O3/c1-16-11-22-21(6-5-18(3)25(22,32)12-23(16)33-19(4)31)17(2)15-29-7-9-30(10-8-29)24-27-13-20(26)14-28-24/h11,13-14,17-18,21-23,32H,5-10,12,15H2,1-4H3/t17-,18+,21-,22+,23+,25+/m0/s1. The van der Waals surface area contributed by atoms with Crippen LogP contribution in [0, 0.1) is 23.7 Å². The van der Waals surface area contributed by atoms with Gasteiger partial charge in [-0.25, -0.2) is 9.97 Å². The van der Waals surface area contributed by atoms with Crippen LogP contribution in [0.1, 0.15) is 47.0 Å². The van der Waals surface area contributed by atoms with Gasteiger partial charge in [0.05, 0.1) is 10.1 Å². The quantitative estimate of drug-likeness (QED) is 0.468. The average molecular weight is 522 g/mol. The molecule has 6 atom stereocenters. The van der Waals surface area contributed by atoms with Gasteiger partial charge in [0.1, 0.15) is 6.10 Å². The van der Waals surface area contributed by atoms with Gasteiger partial charge < -0.3 is 14.7 Å². The predicted molar refractivity (Wildman–Crippen MR) is 132 cm³/mol. The Morgan fingerprint density at radius 2 is 1.94 bits per heavy atom. The molecule has 33 heavy (non-hydrogen) atoms. The van der Waals surface area contributed by atoms with Crippen molar-refractivity contribution in [3.05, 3.63) is 28.5 Å². The van der Waals surface area contributed by atoms with E-state index >= 15 is 0 Å². The number of carbonyl (C=O) groups is 1.